The van der Waals surface area contributed by atoms with E-state index in [1.165, 1.54) is 17.0 Å². The van der Waals surface area contributed by atoms with Crippen LogP contribution in [0.2, 0.25) is 0 Å². The molecular formula is C15H18BrFN2S. The molecule has 1 aromatic heterocycles. The molecule has 0 fully saturated rings. The van der Waals surface area contributed by atoms with Gasteiger partial charge in [-0.1, -0.05) is 13.8 Å². The van der Waals surface area contributed by atoms with Crippen LogP contribution in [-0.2, 0) is 13.0 Å². The zero-order valence-corrected chi connectivity index (χ0v) is 14.1. The van der Waals surface area contributed by atoms with Crippen molar-refractivity contribution in [2.75, 3.05) is 6.54 Å². The van der Waals surface area contributed by atoms with Crippen LogP contribution < -0.4 is 5.32 Å². The van der Waals surface area contributed by atoms with Crippen LogP contribution in [0.3, 0.4) is 0 Å². The molecule has 0 unspecified atom stereocenters. The maximum atomic E-state index is 13.2. The van der Waals surface area contributed by atoms with Crippen LogP contribution in [0.4, 0.5) is 4.39 Å². The summed E-state index contributed by atoms with van der Waals surface area (Å²) >= 11 is 5.10. The summed E-state index contributed by atoms with van der Waals surface area (Å²) in [5, 5.41) is 4.36. The van der Waals surface area contributed by atoms with Crippen molar-refractivity contribution >= 4 is 27.3 Å². The normalized spacial score (nSPS) is 11.0. The summed E-state index contributed by atoms with van der Waals surface area (Å²) in [5.74, 6) is -0.238. The first-order valence-electron chi connectivity index (χ1n) is 6.80. The minimum Gasteiger partial charge on any atom is -0.312 e. The summed E-state index contributed by atoms with van der Waals surface area (Å²) in [5.41, 5.74) is 2.08. The Bertz CT molecular complexity index is 583. The molecule has 1 N–H and O–H groups in total. The van der Waals surface area contributed by atoms with Gasteiger partial charge in [0.05, 0.1) is 5.69 Å². The Hall–Kier alpha value is -0.780. The van der Waals surface area contributed by atoms with Crippen molar-refractivity contribution in [3.05, 3.63) is 39.1 Å². The highest BCUT2D eigenvalue weighted by atomic mass is 79.9. The Kier molecular flexibility index (Phi) is 5.69. The second kappa shape index (κ2) is 7.29. The Morgan fingerprint density at radius 2 is 2.15 bits per heavy atom. The van der Waals surface area contributed by atoms with Gasteiger partial charge in [-0.3, -0.25) is 0 Å². The Morgan fingerprint density at radius 3 is 2.80 bits per heavy atom. The third-order valence-electron chi connectivity index (χ3n) is 2.99. The molecule has 2 nitrogen and oxygen atoms in total. The lowest BCUT2D eigenvalue weighted by molar-refractivity contribution is 0.627. The lowest BCUT2D eigenvalue weighted by Gasteiger charge is -2.01. The maximum absolute atomic E-state index is 13.2. The van der Waals surface area contributed by atoms with Crippen LogP contribution in [0.1, 0.15) is 30.8 Å². The predicted octanol–water partition coefficient (Wildman–Crippen LogP) is 4.77. The number of halogens is 2. The average Bonchev–Trinajstić information content (AvgIpc) is 2.82. The highest BCUT2D eigenvalue weighted by Gasteiger charge is 2.13. The molecule has 0 aliphatic carbocycles. The number of aromatic nitrogens is 1. The van der Waals surface area contributed by atoms with E-state index < -0.39 is 0 Å². The third-order valence-corrected chi connectivity index (χ3v) is 4.77. The van der Waals surface area contributed by atoms with Gasteiger partial charge >= 0.3 is 0 Å². The summed E-state index contributed by atoms with van der Waals surface area (Å²) in [6, 6.07) is 4.74. The standard InChI is InChI=1S/C15H18BrFN2S/c1-3-7-18-9-14-13(4-2)19-15(20-14)11-6-5-10(17)8-12(11)16/h5-6,8,18H,3-4,7,9H2,1-2H3. The molecule has 2 aromatic rings. The van der Waals surface area contributed by atoms with Crippen molar-refractivity contribution in [2.24, 2.45) is 0 Å². The van der Waals surface area contributed by atoms with Crippen LogP contribution in [0.25, 0.3) is 10.6 Å². The minimum absolute atomic E-state index is 0.238. The monoisotopic (exact) mass is 356 g/mol. The fourth-order valence-electron chi connectivity index (χ4n) is 1.95. The van der Waals surface area contributed by atoms with Crippen LogP contribution in [0, 0.1) is 5.82 Å². The number of rotatable bonds is 6. The van der Waals surface area contributed by atoms with E-state index in [0.717, 1.165) is 46.7 Å². The number of hydrogen-bond donors (Lipinski definition) is 1. The molecule has 2 rings (SSSR count). The fourth-order valence-corrected chi connectivity index (χ4v) is 3.78. The zero-order valence-electron chi connectivity index (χ0n) is 11.7. The van der Waals surface area contributed by atoms with Crippen molar-refractivity contribution in [1.29, 1.82) is 0 Å². The number of thiazole rings is 1. The van der Waals surface area contributed by atoms with Crippen molar-refractivity contribution in [3.63, 3.8) is 0 Å². The first-order chi connectivity index (χ1) is 9.65. The molecule has 0 spiro atoms. The summed E-state index contributed by atoms with van der Waals surface area (Å²) in [4.78, 5) is 5.96. The van der Waals surface area contributed by atoms with Crippen LogP contribution >= 0.6 is 27.3 Å². The van der Waals surface area contributed by atoms with Gasteiger partial charge in [0.25, 0.3) is 0 Å². The molecule has 5 heteroatoms. The van der Waals surface area contributed by atoms with Gasteiger partial charge < -0.3 is 5.32 Å². The topological polar surface area (TPSA) is 24.9 Å². The number of hydrogen-bond acceptors (Lipinski definition) is 3. The van der Waals surface area contributed by atoms with Crippen LogP contribution in [-0.4, -0.2) is 11.5 Å². The summed E-state index contributed by atoms with van der Waals surface area (Å²) in [6.07, 6.45) is 2.04. The van der Waals surface area contributed by atoms with E-state index in [1.807, 2.05) is 0 Å². The summed E-state index contributed by atoms with van der Waals surface area (Å²) in [7, 11) is 0. The van der Waals surface area contributed by atoms with Crippen LogP contribution in [0.5, 0.6) is 0 Å². The van der Waals surface area contributed by atoms with Gasteiger partial charge in [0.1, 0.15) is 10.8 Å². The molecule has 0 bridgehead atoms. The highest BCUT2D eigenvalue weighted by molar-refractivity contribution is 9.10. The number of nitrogens with one attached hydrogen (secondary N) is 1. The Morgan fingerprint density at radius 1 is 1.35 bits per heavy atom. The number of aryl methyl sites for hydroxylation is 1. The van der Waals surface area contributed by atoms with E-state index >= 15 is 0 Å². The summed E-state index contributed by atoms with van der Waals surface area (Å²) in [6.45, 7) is 6.13. The first-order valence-corrected chi connectivity index (χ1v) is 8.41. The molecule has 0 saturated heterocycles. The largest absolute Gasteiger partial charge is 0.312 e. The Labute approximate surface area is 131 Å². The SMILES string of the molecule is CCCNCc1sc(-c2ccc(F)cc2Br)nc1CC. The molecule has 0 aliphatic rings. The zero-order chi connectivity index (χ0) is 14.5. The highest BCUT2D eigenvalue weighted by Crippen LogP contribution is 2.33. The second-order valence-corrected chi connectivity index (χ2v) is 6.48. The predicted molar refractivity (Wildman–Crippen MR) is 86.6 cm³/mol. The van der Waals surface area contributed by atoms with Gasteiger partial charge in [0, 0.05) is 21.5 Å². The molecule has 0 amide bonds. The lowest BCUT2D eigenvalue weighted by atomic mass is 10.2. The lowest BCUT2D eigenvalue weighted by Crippen LogP contribution is -2.13. The molecule has 20 heavy (non-hydrogen) atoms. The molecule has 108 valence electrons. The van der Waals surface area contributed by atoms with Crippen molar-refractivity contribution in [1.82, 2.24) is 10.3 Å². The van der Waals surface area contributed by atoms with E-state index in [4.69, 9.17) is 4.98 Å². The van der Waals surface area contributed by atoms with Crippen molar-refractivity contribution < 1.29 is 4.39 Å². The fraction of sp³-hybridized carbons (Fsp3) is 0.400. The molecule has 1 heterocycles. The quantitative estimate of drug-likeness (QED) is 0.753. The van der Waals surface area contributed by atoms with Gasteiger partial charge in [-0.25, -0.2) is 9.37 Å². The van der Waals surface area contributed by atoms with Crippen LogP contribution in [0.15, 0.2) is 22.7 Å². The van der Waals surface area contributed by atoms with E-state index in [9.17, 15) is 4.39 Å². The van der Waals surface area contributed by atoms with Gasteiger partial charge in [-0.2, -0.15) is 0 Å². The van der Waals surface area contributed by atoms with Gasteiger partial charge in [-0.15, -0.1) is 11.3 Å². The smallest absolute Gasteiger partial charge is 0.125 e. The van der Waals surface area contributed by atoms with Crippen molar-refractivity contribution in [3.8, 4) is 10.6 Å². The van der Waals surface area contributed by atoms with E-state index in [1.54, 1.807) is 17.4 Å². The summed E-state index contributed by atoms with van der Waals surface area (Å²) < 4.78 is 13.9. The molecular weight excluding hydrogens is 339 g/mol. The molecule has 0 saturated carbocycles. The molecule has 0 atom stereocenters. The molecule has 0 aliphatic heterocycles. The first kappa shape index (κ1) is 15.6. The molecule has 0 radical (unpaired) electrons. The van der Waals surface area contributed by atoms with Gasteiger partial charge in [0.15, 0.2) is 0 Å². The third kappa shape index (κ3) is 3.65. The number of nitrogens with zero attached hydrogens (tertiary/aromatic N) is 1. The van der Waals surface area contributed by atoms with E-state index in [2.05, 4.69) is 35.1 Å². The minimum atomic E-state index is -0.238. The average molecular weight is 357 g/mol. The Balaban J connectivity index is 2.28. The van der Waals surface area contributed by atoms with Gasteiger partial charge in [0.2, 0.25) is 0 Å². The second-order valence-electron chi connectivity index (χ2n) is 4.54. The molecule has 1 aromatic carbocycles. The van der Waals surface area contributed by atoms with E-state index in [-0.39, 0.29) is 5.82 Å². The van der Waals surface area contributed by atoms with Crippen molar-refractivity contribution in [2.45, 2.75) is 33.2 Å². The van der Waals surface area contributed by atoms with Gasteiger partial charge in [-0.05, 0) is 53.5 Å². The van der Waals surface area contributed by atoms with E-state index in [0.29, 0.717) is 0 Å². The maximum Gasteiger partial charge on any atom is 0.125 e. The number of benzene rings is 1.